The number of benzene rings is 2. The van der Waals surface area contributed by atoms with Crippen LogP contribution >= 0.6 is 0 Å². The molecule has 1 saturated heterocycles. The lowest BCUT2D eigenvalue weighted by atomic mass is 10.1. The van der Waals surface area contributed by atoms with Crippen LogP contribution in [-0.2, 0) is 11.3 Å². The molecule has 1 aliphatic rings. The van der Waals surface area contributed by atoms with Crippen molar-refractivity contribution in [2.24, 2.45) is 0 Å². The van der Waals surface area contributed by atoms with Gasteiger partial charge in [-0.1, -0.05) is 24.3 Å². The number of halogens is 2. The fourth-order valence-electron chi connectivity index (χ4n) is 3.58. The van der Waals surface area contributed by atoms with E-state index in [1.165, 1.54) is 24.3 Å². The fraction of sp³-hybridized carbons (Fsp3) is 0.364. The molecule has 29 heavy (non-hydrogen) atoms. The molecule has 2 amide bonds. The Labute approximate surface area is 169 Å². The van der Waals surface area contributed by atoms with Crippen molar-refractivity contribution in [1.29, 1.82) is 0 Å². The van der Waals surface area contributed by atoms with E-state index in [1.807, 2.05) is 11.8 Å². The van der Waals surface area contributed by atoms with Crippen LogP contribution in [0.4, 0.5) is 8.78 Å². The molecule has 0 saturated carbocycles. The van der Waals surface area contributed by atoms with Crippen molar-refractivity contribution in [2.45, 2.75) is 19.5 Å². The zero-order valence-electron chi connectivity index (χ0n) is 16.6. The molecule has 0 spiro atoms. The summed E-state index contributed by atoms with van der Waals surface area (Å²) in [6.07, 6.45) is 0. The third kappa shape index (κ3) is 4.98. The van der Waals surface area contributed by atoms with Crippen LogP contribution in [0.5, 0.6) is 0 Å². The standard InChI is InChI=1S/C22H25F2N3O2/c1-16(21(28)25(2)15-17-6-5-7-18(23)14-17)26-10-12-27(13-11-26)22(29)19-8-3-4-9-20(19)24/h3-9,14,16H,10-13,15H2,1-2H3. The van der Waals surface area contributed by atoms with Gasteiger partial charge in [-0.15, -0.1) is 0 Å². The number of likely N-dealkylation sites (N-methyl/N-ethyl adjacent to an activating group) is 1. The van der Waals surface area contributed by atoms with E-state index < -0.39 is 5.82 Å². The Morgan fingerprint density at radius 3 is 2.38 bits per heavy atom. The molecule has 0 bridgehead atoms. The zero-order chi connectivity index (χ0) is 21.0. The largest absolute Gasteiger partial charge is 0.340 e. The molecule has 0 aromatic heterocycles. The van der Waals surface area contributed by atoms with Crippen LogP contribution < -0.4 is 0 Å². The Morgan fingerprint density at radius 1 is 1.03 bits per heavy atom. The first-order chi connectivity index (χ1) is 13.9. The molecule has 0 aliphatic carbocycles. The van der Waals surface area contributed by atoms with Crippen molar-refractivity contribution in [2.75, 3.05) is 33.2 Å². The molecular weight excluding hydrogens is 376 g/mol. The lowest BCUT2D eigenvalue weighted by Crippen LogP contribution is -2.55. The van der Waals surface area contributed by atoms with Gasteiger partial charge in [-0.2, -0.15) is 0 Å². The van der Waals surface area contributed by atoms with Gasteiger partial charge in [-0.3, -0.25) is 14.5 Å². The quantitative estimate of drug-likeness (QED) is 0.774. The molecule has 5 nitrogen and oxygen atoms in total. The molecule has 2 aromatic rings. The van der Waals surface area contributed by atoms with Gasteiger partial charge < -0.3 is 9.80 Å². The second-order valence-corrected chi connectivity index (χ2v) is 7.31. The van der Waals surface area contributed by atoms with E-state index in [2.05, 4.69) is 0 Å². The van der Waals surface area contributed by atoms with Crippen molar-refractivity contribution in [3.63, 3.8) is 0 Å². The third-order valence-corrected chi connectivity index (χ3v) is 5.30. The van der Waals surface area contributed by atoms with Gasteiger partial charge in [-0.25, -0.2) is 8.78 Å². The van der Waals surface area contributed by atoms with Crippen LogP contribution in [0.3, 0.4) is 0 Å². The second-order valence-electron chi connectivity index (χ2n) is 7.31. The van der Waals surface area contributed by atoms with Crippen LogP contribution in [0, 0.1) is 11.6 Å². The number of rotatable bonds is 5. The molecule has 1 atom stereocenters. The molecule has 3 rings (SSSR count). The maximum absolute atomic E-state index is 13.9. The fourth-order valence-corrected chi connectivity index (χ4v) is 3.58. The highest BCUT2D eigenvalue weighted by Gasteiger charge is 2.30. The van der Waals surface area contributed by atoms with Gasteiger partial charge in [-0.05, 0) is 36.8 Å². The number of hydrogen-bond acceptors (Lipinski definition) is 3. The van der Waals surface area contributed by atoms with Crippen LogP contribution in [0.15, 0.2) is 48.5 Å². The first-order valence-electron chi connectivity index (χ1n) is 9.64. The van der Waals surface area contributed by atoms with Crippen molar-refractivity contribution < 1.29 is 18.4 Å². The highest BCUT2D eigenvalue weighted by molar-refractivity contribution is 5.94. The lowest BCUT2D eigenvalue weighted by Gasteiger charge is -2.38. The molecule has 0 N–H and O–H groups in total. The van der Waals surface area contributed by atoms with Crippen LogP contribution in [-0.4, -0.2) is 65.8 Å². The predicted octanol–water partition coefficient (Wildman–Crippen LogP) is 2.77. The Kier molecular flexibility index (Phi) is 6.59. The van der Waals surface area contributed by atoms with Gasteiger partial charge in [0.1, 0.15) is 11.6 Å². The van der Waals surface area contributed by atoms with E-state index in [9.17, 15) is 18.4 Å². The summed E-state index contributed by atoms with van der Waals surface area (Å²) in [5.74, 6) is -1.25. The average Bonchev–Trinajstić information content (AvgIpc) is 2.72. The second kappa shape index (κ2) is 9.13. The summed E-state index contributed by atoms with van der Waals surface area (Å²) >= 11 is 0. The summed E-state index contributed by atoms with van der Waals surface area (Å²) in [6.45, 7) is 4.07. The predicted molar refractivity (Wildman–Crippen MR) is 106 cm³/mol. The van der Waals surface area contributed by atoms with Crippen molar-refractivity contribution in [3.05, 3.63) is 71.3 Å². The number of hydrogen-bond donors (Lipinski definition) is 0. The summed E-state index contributed by atoms with van der Waals surface area (Å²) in [5.41, 5.74) is 0.799. The van der Waals surface area contributed by atoms with Crippen LogP contribution in [0.25, 0.3) is 0 Å². The third-order valence-electron chi connectivity index (χ3n) is 5.30. The van der Waals surface area contributed by atoms with Gasteiger partial charge in [0.05, 0.1) is 11.6 Å². The minimum atomic E-state index is -0.526. The van der Waals surface area contributed by atoms with Gasteiger partial charge in [0.25, 0.3) is 5.91 Å². The minimum absolute atomic E-state index is 0.0665. The summed E-state index contributed by atoms with van der Waals surface area (Å²) in [7, 11) is 1.70. The number of amides is 2. The molecular formula is C22H25F2N3O2. The van der Waals surface area contributed by atoms with Crippen LogP contribution in [0.1, 0.15) is 22.8 Å². The average molecular weight is 401 g/mol. The van der Waals surface area contributed by atoms with E-state index in [0.717, 1.165) is 5.56 Å². The number of piperazine rings is 1. The van der Waals surface area contributed by atoms with E-state index in [0.29, 0.717) is 32.7 Å². The smallest absolute Gasteiger partial charge is 0.256 e. The maximum Gasteiger partial charge on any atom is 0.256 e. The van der Waals surface area contributed by atoms with Crippen molar-refractivity contribution in [3.8, 4) is 0 Å². The first-order valence-corrected chi connectivity index (χ1v) is 9.64. The lowest BCUT2D eigenvalue weighted by molar-refractivity contribution is -0.136. The normalized spacial score (nSPS) is 15.8. The highest BCUT2D eigenvalue weighted by atomic mass is 19.1. The molecule has 1 fully saturated rings. The number of carbonyl (C=O) groups is 2. The van der Waals surface area contributed by atoms with E-state index in [1.54, 1.807) is 41.1 Å². The summed E-state index contributed by atoms with van der Waals surface area (Å²) in [4.78, 5) is 30.5. The number of carbonyl (C=O) groups excluding carboxylic acids is 2. The van der Waals surface area contributed by atoms with Crippen molar-refractivity contribution in [1.82, 2.24) is 14.7 Å². The van der Waals surface area contributed by atoms with Gasteiger partial charge in [0.2, 0.25) is 5.91 Å². The summed E-state index contributed by atoms with van der Waals surface area (Å²) in [6, 6.07) is 11.8. The molecule has 2 aromatic carbocycles. The van der Waals surface area contributed by atoms with Crippen molar-refractivity contribution >= 4 is 11.8 Å². The van der Waals surface area contributed by atoms with E-state index in [4.69, 9.17) is 0 Å². The molecule has 1 unspecified atom stereocenters. The topological polar surface area (TPSA) is 43.9 Å². The highest BCUT2D eigenvalue weighted by Crippen LogP contribution is 2.15. The Morgan fingerprint density at radius 2 is 1.72 bits per heavy atom. The Bertz CT molecular complexity index is 882. The molecule has 154 valence electrons. The monoisotopic (exact) mass is 401 g/mol. The number of nitrogens with zero attached hydrogens (tertiary/aromatic N) is 3. The molecule has 0 radical (unpaired) electrons. The van der Waals surface area contributed by atoms with Gasteiger partial charge in [0, 0.05) is 39.8 Å². The summed E-state index contributed by atoms with van der Waals surface area (Å²) < 4.78 is 27.2. The molecule has 7 heteroatoms. The Balaban J connectivity index is 1.55. The molecule has 1 aliphatic heterocycles. The van der Waals surface area contributed by atoms with Gasteiger partial charge >= 0.3 is 0 Å². The summed E-state index contributed by atoms with van der Waals surface area (Å²) in [5, 5.41) is 0. The first kappa shape index (κ1) is 20.9. The van der Waals surface area contributed by atoms with Gasteiger partial charge in [0.15, 0.2) is 0 Å². The van der Waals surface area contributed by atoms with E-state index >= 15 is 0 Å². The minimum Gasteiger partial charge on any atom is -0.340 e. The SMILES string of the molecule is CC(C(=O)N(C)Cc1cccc(F)c1)N1CCN(C(=O)c2ccccc2F)CC1. The zero-order valence-corrected chi connectivity index (χ0v) is 16.6. The maximum atomic E-state index is 13.9. The molecule has 1 heterocycles. The van der Waals surface area contributed by atoms with E-state index in [-0.39, 0.29) is 29.2 Å². The van der Waals surface area contributed by atoms with Crippen LogP contribution in [0.2, 0.25) is 0 Å². The Hall–Kier alpha value is -2.80.